The number of hydrogen-bond donors (Lipinski definition) is 2. The van der Waals surface area contributed by atoms with E-state index >= 15 is 0 Å². The molecule has 1 aromatic carbocycles. The van der Waals surface area contributed by atoms with Crippen LogP contribution in [-0.2, 0) is 0 Å². The summed E-state index contributed by atoms with van der Waals surface area (Å²) in [7, 11) is 0. The molecule has 1 unspecified atom stereocenters. The first kappa shape index (κ1) is 11.9. The van der Waals surface area contributed by atoms with Crippen LogP contribution < -0.4 is 11.1 Å². The molecule has 0 saturated heterocycles. The first-order valence-corrected chi connectivity index (χ1v) is 7.59. The van der Waals surface area contributed by atoms with E-state index in [0.29, 0.717) is 17.9 Å². The van der Waals surface area contributed by atoms with E-state index in [0.717, 1.165) is 12.3 Å². The van der Waals surface area contributed by atoms with Gasteiger partial charge in [0.05, 0.1) is 6.54 Å². The van der Waals surface area contributed by atoms with Gasteiger partial charge in [0.2, 0.25) is 0 Å². The summed E-state index contributed by atoms with van der Waals surface area (Å²) >= 11 is 1.93. The van der Waals surface area contributed by atoms with Gasteiger partial charge in [0, 0.05) is 22.6 Å². The van der Waals surface area contributed by atoms with Crippen LogP contribution in [0.25, 0.3) is 0 Å². The maximum Gasteiger partial charge on any atom is 0.188 e. The Kier molecular flexibility index (Phi) is 3.46. The fourth-order valence-corrected chi connectivity index (χ4v) is 3.64. The van der Waals surface area contributed by atoms with Crippen LogP contribution >= 0.6 is 11.8 Å². The molecule has 1 aromatic rings. The van der Waals surface area contributed by atoms with Crippen molar-refractivity contribution in [2.75, 3.05) is 12.3 Å². The molecule has 3 rings (SSSR count). The maximum absolute atomic E-state index is 5.91. The van der Waals surface area contributed by atoms with Gasteiger partial charge in [-0.1, -0.05) is 18.2 Å². The molecule has 18 heavy (non-hydrogen) atoms. The van der Waals surface area contributed by atoms with Crippen molar-refractivity contribution in [2.24, 2.45) is 10.7 Å². The van der Waals surface area contributed by atoms with Crippen LogP contribution in [0.2, 0.25) is 0 Å². The van der Waals surface area contributed by atoms with Gasteiger partial charge >= 0.3 is 0 Å². The van der Waals surface area contributed by atoms with Gasteiger partial charge in [0.25, 0.3) is 0 Å². The zero-order valence-electron chi connectivity index (χ0n) is 10.4. The lowest BCUT2D eigenvalue weighted by atomic mass is 9.93. The normalized spacial score (nSPS) is 23.6. The third-order valence-corrected chi connectivity index (χ3v) is 4.99. The van der Waals surface area contributed by atoms with E-state index in [1.807, 2.05) is 11.8 Å². The van der Waals surface area contributed by atoms with Crippen molar-refractivity contribution in [3.63, 3.8) is 0 Å². The largest absolute Gasteiger partial charge is 0.370 e. The molecule has 0 amide bonds. The Morgan fingerprint density at radius 1 is 1.39 bits per heavy atom. The van der Waals surface area contributed by atoms with Crippen molar-refractivity contribution in [3.8, 4) is 0 Å². The number of nitrogens with two attached hydrogens (primary N) is 1. The molecule has 1 fully saturated rings. The summed E-state index contributed by atoms with van der Waals surface area (Å²) in [6.07, 6.45) is 3.79. The summed E-state index contributed by atoms with van der Waals surface area (Å²) in [4.78, 5) is 5.90. The zero-order valence-corrected chi connectivity index (χ0v) is 11.2. The number of hydrogen-bond acceptors (Lipinski definition) is 2. The fourth-order valence-electron chi connectivity index (χ4n) is 2.40. The second-order valence-corrected chi connectivity index (χ2v) is 6.11. The molecule has 4 heteroatoms. The number of aliphatic imine (C=N–C) groups is 1. The molecule has 1 aliphatic carbocycles. The lowest BCUT2D eigenvalue weighted by molar-refractivity contribution is 0.382. The highest BCUT2D eigenvalue weighted by atomic mass is 32.2. The summed E-state index contributed by atoms with van der Waals surface area (Å²) in [5.41, 5.74) is 7.35. The number of rotatable bonds is 3. The molecule has 1 aliphatic heterocycles. The Balaban J connectivity index is 1.58. The molecule has 0 spiro atoms. The highest BCUT2D eigenvalue weighted by Crippen LogP contribution is 2.39. The van der Waals surface area contributed by atoms with Gasteiger partial charge in [-0.25, -0.2) is 0 Å². The molecule has 1 heterocycles. The first-order chi connectivity index (χ1) is 8.83. The summed E-state index contributed by atoms with van der Waals surface area (Å²) in [5.74, 6) is 2.27. The van der Waals surface area contributed by atoms with Gasteiger partial charge in [-0.15, -0.1) is 11.8 Å². The molecule has 1 saturated carbocycles. The Morgan fingerprint density at radius 2 is 2.22 bits per heavy atom. The average molecular weight is 261 g/mol. The van der Waals surface area contributed by atoms with E-state index in [1.165, 1.54) is 29.7 Å². The quantitative estimate of drug-likeness (QED) is 0.648. The van der Waals surface area contributed by atoms with Crippen LogP contribution in [0.3, 0.4) is 0 Å². The number of fused-ring (bicyclic) bond motifs is 1. The minimum absolute atomic E-state index is 0.521. The smallest absolute Gasteiger partial charge is 0.188 e. The molecule has 0 aromatic heterocycles. The summed E-state index contributed by atoms with van der Waals surface area (Å²) < 4.78 is 0. The fraction of sp³-hybridized carbons (Fsp3) is 0.500. The summed E-state index contributed by atoms with van der Waals surface area (Å²) in [5, 5.41) is 3.29. The van der Waals surface area contributed by atoms with Crippen molar-refractivity contribution >= 4 is 17.7 Å². The van der Waals surface area contributed by atoms with Crippen molar-refractivity contribution in [1.82, 2.24) is 5.32 Å². The van der Waals surface area contributed by atoms with Crippen LogP contribution in [0.1, 0.15) is 30.7 Å². The van der Waals surface area contributed by atoms with Crippen LogP contribution in [-0.4, -0.2) is 24.3 Å². The van der Waals surface area contributed by atoms with E-state index in [4.69, 9.17) is 5.73 Å². The van der Waals surface area contributed by atoms with Crippen molar-refractivity contribution in [3.05, 3.63) is 29.8 Å². The standard InChI is InChI=1S/C14H19N3S/c15-14(17-11-4-3-5-11)16-8-10-9-18-13-7-2-1-6-12(10)13/h1-2,6-7,10-11H,3-5,8-9H2,(H3,15,16,17). The van der Waals surface area contributed by atoms with E-state index < -0.39 is 0 Å². The second kappa shape index (κ2) is 5.22. The molecule has 3 nitrogen and oxygen atoms in total. The summed E-state index contributed by atoms with van der Waals surface area (Å²) in [6.45, 7) is 0.801. The predicted octanol–water partition coefficient (Wildman–Crippen LogP) is 2.33. The summed E-state index contributed by atoms with van der Waals surface area (Å²) in [6, 6.07) is 9.19. The Hall–Kier alpha value is -1.16. The highest BCUT2D eigenvalue weighted by molar-refractivity contribution is 7.99. The van der Waals surface area contributed by atoms with Crippen molar-refractivity contribution < 1.29 is 0 Å². The first-order valence-electron chi connectivity index (χ1n) is 6.61. The average Bonchev–Trinajstić information content (AvgIpc) is 2.75. The monoisotopic (exact) mass is 261 g/mol. The SMILES string of the molecule is NC(=NCC1CSc2ccccc21)NC1CCC1. The van der Waals surface area contributed by atoms with Crippen LogP contribution in [0.4, 0.5) is 0 Å². The van der Waals surface area contributed by atoms with Gasteiger partial charge in [0.15, 0.2) is 5.96 Å². The number of guanidine groups is 1. The van der Waals surface area contributed by atoms with E-state index in [1.54, 1.807) is 0 Å². The number of benzene rings is 1. The molecular weight excluding hydrogens is 242 g/mol. The van der Waals surface area contributed by atoms with E-state index in [2.05, 4.69) is 34.6 Å². The molecular formula is C14H19N3S. The number of thioether (sulfide) groups is 1. The minimum Gasteiger partial charge on any atom is -0.370 e. The Bertz CT molecular complexity index is 454. The van der Waals surface area contributed by atoms with Crippen molar-refractivity contribution in [1.29, 1.82) is 0 Å². The van der Waals surface area contributed by atoms with Gasteiger partial charge in [0.1, 0.15) is 0 Å². The predicted molar refractivity (Wildman–Crippen MR) is 77.2 cm³/mol. The molecule has 96 valence electrons. The van der Waals surface area contributed by atoms with Crippen molar-refractivity contribution in [2.45, 2.75) is 36.1 Å². The Labute approximate surface area is 112 Å². The molecule has 1 atom stereocenters. The number of nitrogens with one attached hydrogen (secondary N) is 1. The third-order valence-electron chi connectivity index (χ3n) is 3.74. The highest BCUT2D eigenvalue weighted by Gasteiger charge is 2.22. The minimum atomic E-state index is 0.521. The molecule has 0 radical (unpaired) electrons. The van der Waals surface area contributed by atoms with Crippen LogP contribution in [0.5, 0.6) is 0 Å². The van der Waals surface area contributed by atoms with Gasteiger partial charge in [-0.05, 0) is 30.9 Å². The van der Waals surface area contributed by atoms with Gasteiger partial charge in [-0.2, -0.15) is 0 Å². The second-order valence-electron chi connectivity index (χ2n) is 5.04. The van der Waals surface area contributed by atoms with Crippen LogP contribution in [0.15, 0.2) is 34.2 Å². The topological polar surface area (TPSA) is 50.4 Å². The maximum atomic E-state index is 5.91. The lowest BCUT2D eigenvalue weighted by Gasteiger charge is -2.26. The van der Waals surface area contributed by atoms with Gasteiger partial charge in [-0.3, -0.25) is 4.99 Å². The van der Waals surface area contributed by atoms with Crippen LogP contribution in [0, 0.1) is 0 Å². The van der Waals surface area contributed by atoms with Gasteiger partial charge < -0.3 is 11.1 Å². The third kappa shape index (κ3) is 2.48. The zero-order chi connectivity index (χ0) is 12.4. The van der Waals surface area contributed by atoms with E-state index in [9.17, 15) is 0 Å². The molecule has 0 bridgehead atoms. The number of nitrogens with zero attached hydrogens (tertiary/aromatic N) is 1. The Morgan fingerprint density at radius 3 is 3.00 bits per heavy atom. The molecule has 3 N–H and O–H groups in total. The lowest BCUT2D eigenvalue weighted by Crippen LogP contribution is -2.43. The molecule has 2 aliphatic rings. The van der Waals surface area contributed by atoms with E-state index in [-0.39, 0.29) is 0 Å².